The Kier molecular flexibility index (Phi) is 7.87. The first kappa shape index (κ1) is 18.6. The summed E-state index contributed by atoms with van der Waals surface area (Å²) < 4.78 is 5.69. The molecule has 132 valence electrons. The first-order chi connectivity index (χ1) is 11.7. The van der Waals surface area contributed by atoms with Gasteiger partial charge in [-0.05, 0) is 61.8 Å². The summed E-state index contributed by atoms with van der Waals surface area (Å²) in [4.78, 5) is 11.3. The Hall–Kier alpha value is -1.77. The molecule has 0 spiro atoms. The minimum atomic E-state index is -0.877. The van der Waals surface area contributed by atoms with Crippen LogP contribution in [0.25, 0.3) is 5.57 Å². The van der Waals surface area contributed by atoms with E-state index in [-0.39, 0.29) is 0 Å². The topological polar surface area (TPSA) is 46.5 Å². The van der Waals surface area contributed by atoms with E-state index in [1.54, 1.807) is 0 Å². The van der Waals surface area contributed by atoms with Crippen molar-refractivity contribution >= 4 is 11.5 Å². The molecular weight excluding hydrogens is 300 g/mol. The SMILES string of the molecule is CCCCCC(Oc1ccc(C2=CCCCCCC2)cc1)C(=O)O. The van der Waals surface area contributed by atoms with E-state index in [1.807, 2.05) is 12.1 Å². The predicted octanol–water partition coefficient (Wildman–Crippen LogP) is 5.84. The lowest BCUT2D eigenvalue weighted by molar-refractivity contribution is -0.145. The van der Waals surface area contributed by atoms with Crippen LogP contribution in [0.5, 0.6) is 5.75 Å². The van der Waals surface area contributed by atoms with Crippen LogP contribution in [0.4, 0.5) is 0 Å². The molecule has 0 bridgehead atoms. The van der Waals surface area contributed by atoms with Crippen molar-refractivity contribution in [2.24, 2.45) is 0 Å². The first-order valence-corrected chi connectivity index (χ1v) is 9.39. The van der Waals surface area contributed by atoms with Crippen molar-refractivity contribution in [3.63, 3.8) is 0 Å². The number of hydrogen-bond donors (Lipinski definition) is 1. The molecule has 24 heavy (non-hydrogen) atoms. The van der Waals surface area contributed by atoms with E-state index in [0.29, 0.717) is 12.2 Å². The summed E-state index contributed by atoms with van der Waals surface area (Å²) in [5.74, 6) is -0.230. The van der Waals surface area contributed by atoms with Crippen molar-refractivity contribution in [2.75, 3.05) is 0 Å². The molecule has 2 rings (SSSR count). The number of aliphatic carboxylic acids is 1. The Balaban J connectivity index is 1.98. The molecule has 1 unspecified atom stereocenters. The molecule has 1 aromatic carbocycles. The summed E-state index contributed by atoms with van der Waals surface area (Å²) >= 11 is 0. The monoisotopic (exact) mass is 330 g/mol. The van der Waals surface area contributed by atoms with E-state index >= 15 is 0 Å². The van der Waals surface area contributed by atoms with E-state index in [9.17, 15) is 9.90 Å². The average molecular weight is 330 g/mol. The van der Waals surface area contributed by atoms with Gasteiger partial charge in [-0.1, -0.05) is 50.8 Å². The molecule has 0 aliphatic heterocycles. The van der Waals surface area contributed by atoms with Gasteiger partial charge in [-0.25, -0.2) is 4.79 Å². The molecule has 1 N–H and O–H groups in total. The Bertz CT molecular complexity index is 531. The van der Waals surface area contributed by atoms with Gasteiger partial charge in [0.05, 0.1) is 0 Å². The summed E-state index contributed by atoms with van der Waals surface area (Å²) in [6, 6.07) is 7.94. The van der Waals surface area contributed by atoms with Gasteiger partial charge < -0.3 is 9.84 Å². The van der Waals surface area contributed by atoms with E-state index < -0.39 is 12.1 Å². The number of carboxylic acid groups (broad SMARTS) is 1. The summed E-state index contributed by atoms with van der Waals surface area (Å²) in [5.41, 5.74) is 2.65. The van der Waals surface area contributed by atoms with Crippen LogP contribution >= 0.6 is 0 Å². The summed E-state index contributed by atoms with van der Waals surface area (Å²) in [7, 11) is 0. The van der Waals surface area contributed by atoms with E-state index in [2.05, 4.69) is 25.1 Å². The van der Waals surface area contributed by atoms with Crippen molar-refractivity contribution in [3.8, 4) is 5.75 Å². The molecule has 3 nitrogen and oxygen atoms in total. The highest BCUT2D eigenvalue weighted by atomic mass is 16.5. The molecular formula is C21H30O3. The molecule has 3 heteroatoms. The summed E-state index contributed by atoms with van der Waals surface area (Å²) in [6.45, 7) is 2.11. The highest BCUT2D eigenvalue weighted by molar-refractivity contribution is 5.72. The fourth-order valence-electron chi connectivity index (χ4n) is 3.18. The third-order valence-corrected chi connectivity index (χ3v) is 4.64. The molecule has 1 aliphatic rings. The lowest BCUT2D eigenvalue weighted by Crippen LogP contribution is -2.26. The maximum Gasteiger partial charge on any atom is 0.344 e. The minimum Gasteiger partial charge on any atom is -0.479 e. The van der Waals surface area contributed by atoms with Gasteiger partial charge in [0.25, 0.3) is 0 Å². The number of carboxylic acids is 1. The number of hydrogen-bond acceptors (Lipinski definition) is 2. The molecule has 1 aromatic rings. The molecule has 0 radical (unpaired) electrons. The Morgan fingerprint density at radius 1 is 1.12 bits per heavy atom. The lowest BCUT2D eigenvalue weighted by atomic mass is 9.95. The third kappa shape index (κ3) is 6.03. The van der Waals surface area contributed by atoms with Crippen LogP contribution in [0.1, 0.15) is 76.7 Å². The van der Waals surface area contributed by atoms with Gasteiger partial charge in [-0.3, -0.25) is 0 Å². The third-order valence-electron chi connectivity index (χ3n) is 4.64. The van der Waals surface area contributed by atoms with Gasteiger partial charge in [0.2, 0.25) is 0 Å². The zero-order valence-electron chi connectivity index (χ0n) is 14.8. The molecule has 0 amide bonds. The number of carbonyl (C=O) groups is 1. The van der Waals surface area contributed by atoms with Crippen LogP contribution in [0.15, 0.2) is 30.3 Å². The minimum absolute atomic E-state index is 0.566. The second kappa shape index (κ2) is 10.2. The average Bonchev–Trinajstić information content (AvgIpc) is 2.54. The van der Waals surface area contributed by atoms with Crippen LogP contribution in [0.3, 0.4) is 0 Å². The highest BCUT2D eigenvalue weighted by Crippen LogP contribution is 2.27. The maximum atomic E-state index is 11.3. The molecule has 1 aliphatic carbocycles. The predicted molar refractivity (Wildman–Crippen MR) is 98.3 cm³/mol. The van der Waals surface area contributed by atoms with Gasteiger partial charge in [0, 0.05) is 0 Å². The number of rotatable bonds is 8. The van der Waals surface area contributed by atoms with Gasteiger partial charge in [-0.2, -0.15) is 0 Å². The first-order valence-electron chi connectivity index (χ1n) is 9.39. The molecule has 1 atom stereocenters. The second-order valence-corrected chi connectivity index (χ2v) is 6.65. The smallest absolute Gasteiger partial charge is 0.344 e. The Labute approximate surface area is 145 Å². The van der Waals surface area contributed by atoms with Gasteiger partial charge in [-0.15, -0.1) is 0 Å². The summed E-state index contributed by atoms with van der Waals surface area (Å²) in [5, 5.41) is 9.32. The normalized spacial score (nSPS) is 16.6. The Morgan fingerprint density at radius 3 is 2.58 bits per heavy atom. The second-order valence-electron chi connectivity index (χ2n) is 6.65. The largest absolute Gasteiger partial charge is 0.479 e. The van der Waals surface area contributed by atoms with Crippen LogP contribution in [-0.2, 0) is 4.79 Å². The van der Waals surface area contributed by atoms with Crippen molar-refractivity contribution in [2.45, 2.75) is 77.2 Å². The van der Waals surface area contributed by atoms with Gasteiger partial charge >= 0.3 is 5.97 Å². The van der Waals surface area contributed by atoms with Crippen molar-refractivity contribution < 1.29 is 14.6 Å². The van der Waals surface area contributed by atoms with E-state index in [1.165, 1.54) is 36.8 Å². The van der Waals surface area contributed by atoms with E-state index in [4.69, 9.17) is 4.74 Å². The summed E-state index contributed by atoms with van der Waals surface area (Å²) in [6.07, 6.45) is 12.7. The van der Waals surface area contributed by atoms with E-state index in [0.717, 1.165) is 32.1 Å². The van der Waals surface area contributed by atoms with Crippen molar-refractivity contribution in [1.82, 2.24) is 0 Å². The quantitative estimate of drug-likeness (QED) is 0.609. The number of allylic oxidation sites excluding steroid dienone is 2. The lowest BCUT2D eigenvalue weighted by Gasteiger charge is -2.16. The molecule has 0 saturated heterocycles. The van der Waals surface area contributed by atoms with Crippen LogP contribution < -0.4 is 4.74 Å². The highest BCUT2D eigenvalue weighted by Gasteiger charge is 2.18. The number of unbranched alkanes of at least 4 members (excludes halogenated alkanes) is 2. The maximum absolute atomic E-state index is 11.3. The number of benzene rings is 1. The van der Waals surface area contributed by atoms with Crippen LogP contribution in [0.2, 0.25) is 0 Å². The van der Waals surface area contributed by atoms with Crippen molar-refractivity contribution in [3.05, 3.63) is 35.9 Å². The van der Waals surface area contributed by atoms with Crippen LogP contribution in [0, 0.1) is 0 Å². The zero-order chi connectivity index (χ0) is 17.2. The molecule has 0 fully saturated rings. The molecule has 0 heterocycles. The fraction of sp³-hybridized carbons (Fsp3) is 0.571. The van der Waals surface area contributed by atoms with Crippen molar-refractivity contribution in [1.29, 1.82) is 0 Å². The van der Waals surface area contributed by atoms with Gasteiger partial charge in [0.1, 0.15) is 5.75 Å². The molecule has 0 saturated carbocycles. The zero-order valence-corrected chi connectivity index (χ0v) is 14.8. The van der Waals surface area contributed by atoms with Crippen LogP contribution in [-0.4, -0.2) is 17.2 Å². The fourth-order valence-corrected chi connectivity index (χ4v) is 3.18. The standard InChI is InChI=1S/C21H30O3/c1-2-3-7-12-20(21(22)23)24-19-15-13-18(14-16-19)17-10-8-5-4-6-9-11-17/h10,13-16,20H,2-9,11-12H2,1H3,(H,22,23). The molecule has 0 aromatic heterocycles. The van der Waals surface area contributed by atoms with Gasteiger partial charge in [0.15, 0.2) is 6.10 Å². The Morgan fingerprint density at radius 2 is 1.88 bits per heavy atom. The number of ether oxygens (including phenoxy) is 1.